The first-order chi connectivity index (χ1) is 11.1. The van der Waals surface area contributed by atoms with Gasteiger partial charge >= 0.3 is 0 Å². The molecule has 0 fully saturated rings. The molecule has 1 amide bonds. The summed E-state index contributed by atoms with van der Waals surface area (Å²) in [5.74, 6) is 0.506. The van der Waals surface area contributed by atoms with Crippen LogP contribution in [0.15, 0.2) is 53.8 Å². The zero-order valence-corrected chi connectivity index (χ0v) is 12.9. The Morgan fingerprint density at radius 2 is 2.35 bits per heavy atom. The van der Waals surface area contributed by atoms with Gasteiger partial charge in [-0.05, 0) is 31.2 Å². The van der Waals surface area contributed by atoms with Crippen molar-refractivity contribution in [2.45, 2.75) is 25.5 Å². The first-order valence-electron chi connectivity index (χ1n) is 7.33. The minimum absolute atomic E-state index is 0.202. The third-order valence-corrected chi connectivity index (χ3v) is 3.17. The first-order valence-corrected chi connectivity index (χ1v) is 7.33. The second kappa shape index (κ2) is 8.14. The Morgan fingerprint density at radius 3 is 3.04 bits per heavy atom. The van der Waals surface area contributed by atoms with Crippen molar-refractivity contribution >= 4 is 5.91 Å². The molecule has 2 rings (SSSR count). The van der Waals surface area contributed by atoms with Crippen molar-refractivity contribution < 1.29 is 19.1 Å². The van der Waals surface area contributed by atoms with E-state index < -0.39 is 6.10 Å². The van der Waals surface area contributed by atoms with E-state index in [9.17, 15) is 9.90 Å². The van der Waals surface area contributed by atoms with Gasteiger partial charge in [0.15, 0.2) is 11.4 Å². The lowest BCUT2D eigenvalue weighted by Crippen LogP contribution is -2.34. The number of furan rings is 1. The molecule has 2 aromatic heterocycles. The van der Waals surface area contributed by atoms with Crippen LogP contribution in [0.4, 0.5) is 0 Å². The van der Waals surface area contributed by atoms with Gasteiger partial charge in [0.05, 0.1) is 6.26 Å². The average molecular weight is 316 g/mol. The van der Waals surface area contributed by atoms with Crippen LogP contribution in [0.1, 0.15) is 35.7 Å². The largest absolute Gasteiger partial charge is 0.487 e. The van der Waals surface area contributed by atoms with Crippen LogP contribution in [0.3, 0.4) is 0 Å². The lowest BCUT2D eigenvalue weighted by Gasteiger charge is -2.17. The summed E-state index contributed by atoms with van der Waals surface area (Å²) in [5.41, 5.74) is 0.202. The van der Waals surface area contributed by atoms with E-state index in [2.05, 4.69) is 16.9 Å². The predicted octanol–water partition coefficient (Wildman–Crippen LogP) is 2.48. The Bertz CT molecular complexity index is 640. The van der Waals surface area contributed by atoms with E-state index >= 15 is 0 Å². The van der Waals surface area contributed by atoms with Crippen molar-refractivity contribution in [2.75, 3.05) is 6.61 Å². The lowest BCUT2D eigenvalue weighted by atomic mass is 10.1. The summed E-state index contributed by atoms with van der Waals surface area (Å²) in [6.07, 6.45) is 4.17. The Hall–Kier alpha value is -2.60. The topological polar surface area (TPSA) is 84.6 Å². The molecule has 0 saturated heterocycles. The Labute approximate surface area is 134 Å². The van der Waals surface area contributed by atoms with E-state index in [4.69, 9.17) is 9.15 Å². The average Bonchev–Trinajstić information content (AvgIpc) is 3.07. The zero-order chi connectivity index (χ0) is 16.7. The predicted molar refractivity (Wildman–Crippen MR) is 85.1 cm³/mol. The van der Waals surface area contributed by atoms with E-state index in [-0.39, 0.29) is 17.6 Å². The quantitative estimate of drug-likeness (QED) is 0.731. The van der Waals surface area contributed by atoms with Gasteiger partial charge < -0.3 is 19.6 Å². The number of carbonyl (C=O) groups excluding carboxylic acids is 1. The fourth-order valence-corrected chi connectivity index (χ4v) is 2.11. The molecule has 2 atom stereocenters. The molecule has 2 N–H and O–H groups in total. The van der Waals surface area contributed by atoms with Crippen molar-refractivity contribution in [2.24, 2.45) is 0 Å². The number of nitrogens with zero attached hydrogens (tertiary/aromatic N) is 1. The molecule has 2 unspecified atom stereocenters. The summed E-state index contributed by atoms with van der Waals surface area (Å²) >= 11 is 0. The minimum Gasteiger partial charge on any atom is -0.487 e. The number of pyridine rings is 1. The number of ether oxygens (including phenoxy) is 1. The molecule has 0 spiro atoms. The van der Waals surface area contributed by atoms with Gasteiger partial charge in [-0.3, -0.25) is 4.79 Å². The number of amides is 1. The van der Waals surface area contributed by atoms with Crippen LogP contribution in [0.2, 0.25) is 0 Å². The molecule has 0 bridgehead atoms. The van der Waals surface area contributed by atoms with Crippen molar-refractivity contribution in [1.29, 1.82) is 0 Å². The summed E-state index contributed by atoms with van der Waals surface area (Å²) in [6, 6.07) is 6.50. The second-order valence-electron chi connectivity index (χ2n) is 5.09. The molecule has 6 nitrogen and oxygen atoms in total. The molecule has 6 heteroatoms. The maximum absolute atomic E-state index is 12.3. The van der Waals surface area contributed by atoms with E-state index in [1.54, 1.807) is 37.3 Å². The van der Waals surface area contributed by atoms with Gasteiger partial charge in [-0.15, -0.1) is 0 Å². The number of carbonyl (C=O) groups is 1. The number of aliphatic hydroxyl groups excluding tert-OH is 1. The number of aliphatic hydroxyl groups is 1. The highest BCUT2D eigenvalue weighted by Crippen LogP contribution is 2.19. The van der Waals surface area contributed by atoms with Crippen molar-refractivity contribution in [3.05, 3.63) is 60.8 Å². The first kappa shape index (κ1) is 16.8. The Kier molecular flexibility index (Phi) is 5.94. The summed E-state index contributed by atoms with van der Waals surface area (Å²) < 4.78 is 10.6. The Morgan fingerprint density at radius 1 is 1.52 bits per heavy atom. The van der Waals surface area contributed by atoms with Gasteiger partial charge in [0.1, 0.15) is 18.5 Å². The molecule has 0 aliphatic carbocycles. The number of hydrogen-bond acceptors (Lipinski definition) is 5. The fraction of sp³-hybridized carbons (Fsp3) is 0.294. The minimum atomic E-state index is -0.777. The van der Waals surface area contributed by atoms with Gasteiger partial charge in [-0.2, -0.15) is 0 Å². The number of hydrogen-bond donors (Lipinski definition) is 2. The molecule has 0 radical (unpaired) electrons. The Balaban J connectivity index is 1.97. The van der Waals surface area contributed by atoms with E-state index in [0.29, 0.717) is 24.5 Å². The third-order valence-electron chi connectivity index (χ3n) is 3.17. The van der Waals surface area contributed by atoms with Gasteiger partial charge in [-0.25, -0.2) is 4.98 Å². The van der Waals surface area contributed by atoms with Crippen LogP contribution in [-0.2, 0) is 0 Å². The van der Waals surface area contributed by atoms with E-state index in [1.807, 2.05) is 0 Å². The van der Waals surface area contributed by atoms with Crippen molar-refractivity contribution in [1.82, 2.24) is 10.3 Å². The van der Waals surface area contributed by atoms with Crippen LogP contribution in [0.5, 0.6) is 5.75 Å². The van der Waals surface area contributed by atoms with Crippen LogP contribution < -0.4 is 10.1 Å². The van der Waals surface area contributed by atoms with Crippen molar-refractivity contribution in [3.8, 4) is 5.75 Å². The van der Waals surface area contributed by atoms with Crippen LogP contribution >= 0.6 is 0 Å². The van der Waals surface area contributed by atoms with Gasteiger partial charge in [-0.1, -0.05) is 12.7 Å². The summed E-state index contributed by atoms with van der Waals surface area (Å²) in [7, 11) is 0. The maximum atomic E-state index is 12.3. The number of nitrogens with one attached hydrogen (secondary N) is 1. The summed E-state index contributed by atoms with van der Waals surface area (Å²) in [4.78, 5) is 16.4. The number of aromatic nitrogens is 1. The summed E-state index contributed by atoms with van der Waals surface area (Å²) in [5, 5.41) is 12.8. The summed E-state index contributed by atoms with van der Waals surface area (Å²) in [6.45, 7) is 5.67. The normalized spacial score (nSPS) is 13.1. The highest BCUT2D eigenvalue weighted by atomic mass is 16.5. The van der Waals surface area contributed by atoms with Crippen molar-refractivity contribution in [3.63, 3.8) is 0 Å². The van der Waals surface area contributed by atoms with Gasteiger partial charge in [0.2, 0.25) is 0 Å². The standard InChI is InChI=1S/C17H20N2O4/c1-3-9-22-15-6-4-8-18-16(15)17(21)19-12(2)11-13(20)14-7-5-10-23-14/h3-8,10,12-13,20H,1,9,11H2,2H3,(H,19,21). The van der Waals surface area contributed by atoms with E-state index in [0.717, 1.165) is 0 Å². The molecule has 0 aromatic carbocycles. The molecule has 2 aromatic rings. The second-order valence-corrected chi connectivity index (χ2v) is 5.09. The maximum Gasteiger partial charge on any atom is 0.273 e. The zero-order valence-electron chi connectivity index (χ0n) is 12.9. The molecular formula is C17H20N2O4. The molecule has 0 saturated carbocycles. The van der Waals surface area contributed by atoms with Gasteiger partial charge in [0.25, 0.3) is 5.91 Å². The molecular weight excluding hydrogens is 296 g/mol. The van der Waals surface area contributed by atoms with Gasteiger partial charge in [0, 0.05) is 18.7 Å². The number of rotatable bonds is 8. The van der Waals surface area contributed by atoms with Crippen LogP contribution in [0.25, 0.3) is 0 Å². The van der Waals surface area contributed by atoms with Crippen LogP contribution in [0, 0.1) is 0 Å². The smallest absolute Gasteiger partial charge is 0.273 e. The molecule has 0 aliphatic rings. The monoisotopic (exact) mass is 316 g/mol. The highest BCUT2D eigenvalue weighted by molar-refractivity contribution is 5.95. The fourth-order valence-electron chi connectivity index (χ4n) is 2.11. The molecule has 23 heavy (non-hydrogen) atoms. The lowest BCUT2D eigenvalue weighted by molar-refractivity contribution is 0.0894. The highest BCUT2D eigenvalue weighted by Gasteiger charge is 2.19. The molecule has 122 valence electrons. The van der Waals surface area contributed by atoms with E-state index in [1.165, 1.54) is 12.5 Å². The SMILES string of the molecule is C=CCOc1cccnc1C(=O)NC(C)CC(O)c1ccco1. The molecule has 0 aliphatic heterocycles. The third kappa shape index (κ3) is 4.69. The molecule has 2 heterocycles. The van der Waals surface area contributed by atoms with Crippen LogP contribution in [-0.4, -0.2) is 28.6 Å².